The number of benzene rings is 3. The third kappa shape index (κ3) is 5.99. The zero-order valence-corrected chi connectivity index (χ0v) is 21.4. The van der Waals surface area contributed by atoms with Gasteiger partial charge in [0.05, 0.1) is 18.7 Å². The normalized spacial score (nSPS) is 15.7. The maximum absolute atomic E-state index is 13.4. The van der Waals surface area contributed by atoms with Crippen LogP contribution in [0, 0.1) is 0 Å². The molecule has 3 N–H and O–H groups in total. The Balaban J connectivity index is 1.17. The van der Waals surface area contributed by atoms with Crippen molar-refractivity contribution in [3.63, 3.8) is 0 Å². The number of nitrogens with zero attached hydrogens (tertiary/aromatic N) is 1. The van der Waals surface area contributed by atoms with Crippen LogP contribution in [0.1, 0.15) is 40.7 Å². The molecule has 3 aromatic rings. The fraction of sp³-hybridized carbons (Fsp3) is 0.267. The lowest BCUT2D eigenvalue weighted by Crippen LogP contribution is -2.40. The van der Waals surface area contributed by atoms with Gasteiger partial charge in [-0.2, -0.15) is 0 Å². The highest BCUT2D eigenvalue weighted by molar-refractivity contribution is 6.35. The lowest BCUT2D eigenvalue weighted by atomic mass is 9.96. The summed E-state index contributed by atoms with van der Waals surface area (Å²) in [5, 5.41) is 11.7. The number of hydroxylamine groups is 2. The van der Waals surface area contributed by atoms with Gasteiger partial charge in [0.2, 0.25) is 0 Å². The highest BCUT2D eigenvalue weighted by Crippen LogP contribution is 2.48. The molecule has 0 unspecified atom stereocenters. The molecule has 5 rings (SSSR count). The first kappa shape index (κ1) is 26.1. The van der Waals surface area contributed by atoms with E-state index < -0.39 is 17.4 Å². The van der Waals surface area contributed by atoms with Crippen LogP contribution >= 0.6 is 0 Å². The van der Waals surface area contributed by atoms with Crippen LogP contribution in [-0.2, 0) is 31.3 Å². The van der Waals surface area contributed by atoms with Gasteiger partial charge in [0.25, 0.3) is 11.8 Å². The average molecular weight is 527 g/mol. The van der Waals surface area contributed by atoms with Gasteiger partial charge in [-0.05, 0) is 47.2 Å². The third-order valence-corrected chi connectivity index (χ3v) is 6.96. The topological polar surface area (TPSA) is 117 Å². The Hall–Kier alpha value is -4.50. The van der Waals surface area contributed by atoms with Crippen LogP contribution in [0.15, 0.2) is 78.9 Å². The van der Waals surface area contributed by atoms with E-state index in [2.05, 4.69) is 40.2 Å². The zero-order valence-electron chi connectivity index (χ0n) is 21.4. The fourth-order valence-electron chi connectivity index (χ4n) is 4.76. The molecule has 2 aliphatic rings. The number of carbonyl (C=O) groups is 4. The summed E-state index contributed by atoms with van der Waals surface area (Å²) in [4.78, 5) is 55.0. The molecule has 4 amide bonds. The molecule has 3 aromatic carbocycles. The first-order valence-corrected chi connectivity index (χ1v) is 13.0. The van der Waals surface area contributed by atoms with E-state index in [1.165, 1.54) is 17.2 Å². The number of fused-ring (bicyclic) bond motifs is 1. The minimum Gasteiger partial charge on any atom is -0.344 e. The largest absolute Gasteiger partial charge is 0.344 e. The molecule has 2 fully saturated rings. The molecule has 1 heterocycles. The van der Waals surface area contributed by atoms with E-state index in [4.69, 9.17) is 4.84 Å². The van der Waals surface area contributed by atoms with Crippen LogP contribution < -0.4 is 16.0 Å². The quantitative estimate of drug-likeness (QED) is 0.308. The van der Waals surface area contributed by atoms with Crippen molar-refractivity contribution in [2.45, 2.75) is 31.3 Å². The number of hydrogen-bond acceptors (Lipinski definition) is 5. The van der Waals surface area contributed by atoms with Crippen molar-refractivity contribution in [3.05, 3.63) is 95.6 Å². The highest BCUT2D eigenvalue weighted by atomic mass is 16.7. The van der Waals surface area contributed by atoms with E-state index in [0.717, 1.165) is 35.6 Å². The molecule has 200 valence electrons. The molecule has 0 spiro atoms. The highest BCUT2D eigenvalue weighted by Gasteiger charge is 2.46. The molecule has 1 aliphatic heterocycles. The summed E-state index contributed by atoms with van der Waals surface area (Å²) >= 11 is 0. The Bertz CT molecular complexity index is 1430. The van der Waals surface area contributed by atoms with Crippen LogP contribution in [-0.4, -0.2) is 48.4 Å². The van der Waals surface area contributed by atoms with E-state index in [1.807, 2.05) is 18.2 Å². The molecular formula is C30H30N4O5. The second kappa shape index (κ2) is 11.5. The van der Waals surface area contributed by atoms with Crippen LogP contribution in [0.3, 0.4) is 0 Å². The van der Waals surface area contributed by atoms with Crippen molar-refractivity contribution in [2.24, 2.45) is 0 Å². The third-order valence-electron chi connectivity index (χ3n) is 6.96. The van der Waals surface area contributed by atoms with Gasteiger partial charge < -0.3 is 16.0 Å². The summed E-state index contributed by atoms with van der Waals surface area (Å²) in [6.45, 7) is 1.06. The minimum atomic E-state index is -0.834. The molecule has 9 heteroatoms. The van der Waals surface area contributed by atoms with Gasteiger partial charge in [0, 0.05) is 24.7 Å². The first-order chi connectivity index (χ1) is 19.0. The maximum atomic E-state index is 13.4. The smallest absolute Gasteiger partial charge is 0.309 e. The monoisotopic (exact) mass is 526 g/mol. The standard InChI is InChI=1S/C30H30N4O5/c35-26(34-18-7-19-39-34)14-6-17-31-28(37)29(38)32-20-22-9-2-4-12-24(22)27(36)33-30(15-16-30)25-13-5-10-21-8-1-3-11-23(21)25/h1-6,8-14H,7,15-20H2,(H,31,37)(H,32,38)(H,33,36)/b14-6+. The van der Waals surface area contributed by atoms with Crippen LogP contribution in [0.2, 0.25) is 0 Å². The number of nitrogens with one attached hydrogen (secondary N) is 3. The van der Waals surface area contributed by atoms with E-state index >= 15 is 0 Å². The van der Waals surface area contributed by atoms with Crippen molar-refractivity contribution in [2.75, 3.05) is 19.7 Å². The van der Waals surface area contributed by atoms with Crippen molar-refractivity contribution in [3.8, 4) is 0 Å². The summed E-state index contributed by atoms with van der Waals surface area (Å²) in [7, 11) is 0. The summed E-state index contributed by atoms with van der Waals surface area (Å²) < 4.78 is 0. The Morgan fingerprint density at radius 1 is 0.897 bits per heavy atom. The summed E-state index contributed by atoms with van der Waals surface area (Å²) in [5.41, 5.74) is 1.71. The van der Waals surface area contributed by atoms with Crippen LogP contribution in [0.5, 0.6) is 0 Å². The number of carbonyl (C=O) groups excluding carboxylic acids is 4. The molecule has 39 heavy (non-hydrogen) atoms. The molecule has 0 bridgehead atoms. The number of hydrogen-bond donors (Lipinski definition) is 3. The van der Waals surface area contributed by atoms with Gasteiger partial charge in [-0.15, -0.1) is 0 Å². The van der Waals surface area contributed by atoms with Crippen molar-refractivity contribution >= 4 is 34.4 Å². The molecule has 0 atom stereocenters. The predicted molar refractivity (Wildman–Crippen MR) is 145 cm³/mol. The minimum absolute atomic E-state index is 0.0116. The molecule has 1 saturated heterocycles. The van der Waals surface area contributed by atoms with Crippen molar-refractivity contribution in [1.29, 1.82) is 0 Å². The van der Waals surface area contributed by atoms with E-state index in [9.17, 15) is 19.2 Å². The first-order valence-electron chi connectivity index (χ1n) is 13.0. The summed E-state index contributed by atoms with van der Waals surface area (Å²) in [6, 6.07) is 21.3. The maximum Gasteiger partial charge on any atom is 0.309 e. The Kier molecular flexibility index (Phi) is 7.69. The second-order valence-electron chi connectivity index (χ2n) is 9.64. The van der Waals surface area contributed by atoms with E-state index in [-0.39, 0.29) is 24.9 Å². The SMILES string of the molecule is O=C(NC/C=C/C(=O)N1CCCO1)C(=O)NCc1ccccc1C(=O)NC1(c2cccc3ccccc23)CC1. The fourth-order valence-corrected chi connectivity index (χ4v) is 4.76. The number of rotatable bonds is 8. The molecule has 0 aromatic heterocycles. The Morgan fingerprint density at radius 2 is 1.64 bits per heavy atom. The second-order valence-corrected chi connectivity index (χ2v) is 9.64. The molecule has 1 aliphatic carbocycles. The van der Waals surface area contributed by atoms with Crippen molar-refractivity contribution in [1.82, 2.24) is 21.0 Å². The van der Waals surface area contributed by atoms with Crippen molar-refractivity contribution < 1.29 is 24.0 Å². The molecule has 0 radical (unpaired) electrons. The van der Waals surface area contributed by atoms with E-state index in [0.29, 0.717) is 24.3 Å². The van der Waals surface area contributed by atoms with Crippen LogP contribution in [0.25, 0.3) is 10.8 Å². The van der Waals surface area contributed by atoms with E-state index in [1.54, 1.807) is 24.3 Å². The molecule has 9 nitrogen and oxygen atoms in total. The van der Waals surface area contributed by atoms with Gasteiger partial charge in [-0.1, -0.05) is 66.7 Å². The summed E-state index contributed by atoms with van der Waals surface area (Å²) in [5.74, 6) is -2.21. The lowest BCUT2D eigenvalue weighted by Gasteiger charge is -2.21. The van der Waals surface area contributed by atoms with Gasteiger partial charge in [-0.3, -0.25) is 24.0 Å². The van der Waals surface area contributed by atoms with Gasteiger partial charge in [-0.25, -0.2) is 5.06 Å². The predicted octanol–water partition coefficient (Wildman–Crippen LogP) is 2.71. The zero-order chi connectivity index (χ0) is 27.2. The van der Waals surface area contributed by atoms with Gasteiger partial charge >= 0.3 is 11.8 Å². The summed E-state index contributed by atoms with van der Waals surface area (Å²) in [6.07, 6.45) is 5.22. The average Bonchev–Trinajstić information content (AvgIpc) is 3.52. The van der Waals surface area contributed by atoms with Gasteiger partial charge in [0.1, 0.15) is 0 Å². The van der Waals surface area contributed by atoms with Gasteiger partial charge in [0.15, 0.2) is 0 Å². The van der Waals surface area contributed by atoms with Crippen LogP contribution in [0.4, 0.5) is 0 Å². The number of amides is 4. The Morgan fingerprint density at radius 3 is 2.44 bits per heavy atom. The molecular weight excluding hydrogens is 496 g/mol. The lowest BCUT2D eigenvalue weighted by molar-refractivity contribution is -0.162. The molecule has 1 saturated carbocycles. The Labute approximate surface area is 226 Å².